The second-order valence-corrected chi connectivity index (χ2v) is 1.99. The van der Waals surface area contributed by atoms with Gasteiger partial charge in [0.2, 0.25) is 0 Å². The Morgan fingerprint density at radius 2 is 1.91 bits per heavy atom. The average molecular weight is 156 g/mol. The van der Waals surface area contributed by atoms with Crippen LogP contribution in [0.1, 0.15) is 5.56 Å². The number of aromatic hydroxyl groups is 1. The summed E-state index contributed by atoms with van der Waals surface area (Å²) in [6, 6.07) is 5.92. The smallest absolute Gasteiger partial charge is 0.271 e. The fourth-order valence-corrected chi connectivity index (χ4v) is 0.727. The molecule has 0 bridgehead atoms. The van der Waals surface area contributed by atoms with Crippen LogP contribution in [0.4, 0.5) is 8.78 Å². The Labute approximate surface area is 62.6 Å². The summed E-state index contributed by atoms with van der Waals surface area (Å²) in [7, 11) is 0. The van der Waals surface area contributed by atoms with Gasteiger partial charge in [0.1, 0.15) is 5.75 Å². The van der Waals surface area contributed by atoms with Crippen LogP contribution in [-0.2, 0) is 0 Å². The highest BCUT2D eigenvalue weighted by Gasteiger charge is 1.96. The van der Waals surface area contributed by atoms with Crippen LogP contribution in [0.2, 0.25) is 0 Å². The van der Waals surface area contributed by atoms with Crippen molar-refractivity contribution in [2.24, 2.45) is 0 Å². The first kappa shape index (κ1) is 7.72. The van der Waals surface area contributed by atoms with Crippen LogP contribution >= 0.6 is 0 Å². The van der Waals surface area contributed by atoms with Crippen LogP contribution < -0.4 is 0 Å². The molecule has 0 spiro atoms. The number of para-hydroxylation sites is 1. The lowest BCUT2D eigenvalue weighted by molar-refractivity contribution is 0.428. The van der Waals surface area contributed by atoms with E-state index in [2.05, 4.69) is 0 Å². The second-order valence-electron chi connectivity index (χ2n) is 1.99. The van der Waals surface area contributed by atoms with Gasteiger partial charge in [0, 0.05) is 11.6 Å². The molecule has 0 amide bonds. The number of phenols is 1. The Morgan fingerprint density at radius 3 is 2.45 bits per heavy atom. The molecule has 58 valence electrons. The molecule has 3 heteroatoms. The fourth-order valence-electron chi connectivity index (χ4n) is 0.727. The molecule has 0 aliphatic heterocycles. The van der Waals surface area contributed by atoms with Crippen molar-refractivity contribution in [2.75, 3.05) is 0 Å². The third-order valence-electron chi connectivity index (χ3n) is 1.20. The van der Waals surface area contributed by atoms with Crippen LogP contribution in [-0.4, -0.2) is 5.11 Å². The molecule has 0 fully saturated rings. The molecular weight excluding hydrogens is 150 g/mol. The van der Waals surface area contributed by atoms with E-state index in [0.717, 1.165) is 0 Å². The summed E-state index contributed by atoms with van der Waals surface area (Å²) in [5.74, 6) is -0.139. The molecule has 1 N–H and O–H groups in total. The van der Waals surface area contributed by atoms with E-state index in [-0.39, 0.29) is 11.3 Å². The molecule has 0 heterocycles. The molecule has 0 saturated carbocycles. The van der Waals surface area contributed by atoms with Gasteiger partial charge in [-0.1, -0.05) is 18.2 Å². The highest BCUT2D eigenvalue weighted by molar-refractivity contribution is 5.56. The predicted octanol–water partition coefficient (Wildman–Crippen LogP) is 2.63. The fraction of sp³-hybridized carbons (Fsp3) is 0. The lowest BCUT2D eigenvalue weighted by Crippen LogP contribution is -1.72. The summed E-state index contributed by atoms with van der Waals surface area (Å²) in [6.45, 7) is 0. The normalized spacial score (nSPS) is 9.27. The summed E-state index contributed by atoms with van der Waals surface area (Å²) in [4.78, 5) is 0. The lowest BCUT2D eigenvalue weighted by Gasteiger charge is -1.94. The van der Waals surface area contributed by atoms with Crippen molar-refractivity contribution in [1.29, 1.82) is 0 Å². The Bertz CT molecular complexity index is 277. The van der Waals surface area contributed by atoms with E-state index >= 15 is 0 Å². The molecule has 1 aromatic carbocycles. The summed E-state index contributed by atoms with van der Waals surface area (Å²) >= 11 is 0. The Kier molecular flexibility index (Phi) is 2.21. The first-order valence-electron chi connectivity index (χ1n) is 3.01. The highest BCUT2D eigenvalue weighted by atomic mass is 19.3. The molecule has 0 unspecified atom stereocenters. The summed E-state index contributed by atoms with van der Waals surface area (Å²) in [5.41, 5.74) is 0.132. The van der Waals surface area contributed by atoms with E-state index in [1.165, 1.54) is 12.1 Å². The topological polar surface area (TPSA) is 20.2 Å². The largest absolute Gasteiger partial charge is 0.507 e. The number of rotatable bonds is 1. The molecule has 0 aromatic heterocycles. The third-order valence-corrected chi connectivity index (χ3v) is 1.20. The van der Waals surface area contributed by atoms with Crippen LogP contribution in [0, 0.1) is 0 Å². The minimum absolute atomic E-state index is 0.132. The quantitative estimate of drug-likeness (QED) is 0.662. The van der Waals surface area contributed by atoms with Crippen molar-refractivity contribution in [3.8, 4) is 5.75 Å². The maximum Gasteiger partial charge on any atom is 0.271 e. The molecular formula is C8H6F2O. The van der Waals surface area contributed by atoms with Crippen LogP contribution in [0.5, 0.6) is 5.75 Å². The zero-order valence-electron chi connectivity index (χ0n) is 5.59. The van der Waals surface area contributed by atoms with E-state index < -0.39 is 6.08 Å². The van der Waals surface area contributed by atoms with Gasteiger partial charge in [-0.05, 0) is 6.07 Å². The van der Waals surface area contributed by atoms with E-state index in [9.17, 15) is 8.78 Å². The summed E-state index contributed by atoms with van der Waals surface area (Å²) < 4.78 is 23.3. The highest BCUT2D eigenvalue weighted by Crippen LogP contribution is 2.19. The number of halogens is 2. The van der Waals surface area contributed by atoms with E-state index in [1.54, 1.807) is 12.1 Å². The Hall–Kier alpha value is -1.38. The second kappa shape index (κ2) is 3.14. The zero-order valence-corrected chi connectivity index (χ0v) is 5.59. The average Bonchev–Trinajstić information content (AvgIpc) is 1.93. The molecule has 0 radical (unpaired) electrons. The van der Waals surface area contributed by atoms with Crippen molar-refractivity contribution in [3.63, 3.8) is 0 Å². The summed E-state index contributed by atoms with van der Waals surface area (Å²) in [5, 5.41) is 8.98. The van der Waals surface area contributed by atoms with E-state index in [1.807, 2.05) is 0 Å². The van der Waals surface area contributed by atoms with Crippen molar-refractivity contribution in [1.82, 2.24) is 0 Å². The van der Waals surface area contributed by atoms with Gasteiger partial charge in [0.15, 0.2) is 0 Å². The van der Waals surface area contributed by atoms with Crippen LogP contribution in [0.25, 0.3) is 6.08 Å². The number of benzene rings is 1. The van der Waals surface area contributed by atoms with E-state index in [0.29, 0.717) is 6.08 Å². The number of hydrogen-bond donors (Lipinski definition) is 1. The van der Waals surface area contributed by atoms with Gasteiger partial charge in [-0.2, -0.15) is 8.78 Å². The first-order chi connectivity index (χ1) is 5.20. The van der Waals surface area contributed by atoms with Gasteiger partial charge in [-0.15, -0.1) is 0 Å². The Morgan fingerprint density at radius 1 is 1.27 bits per heavy atom. The number of hydrogen-bond acceptors (Lipinski definition) is 1. The molecule has 0 aliphatic carbocycles. The van der Waals surface area contributed by atoms with Gasteiger partial charge in [0.05, 0.1) is 0 Å². The van der Waals surface area contributed by atoms with Crippen molar-refractivity contribution >= 4 is 6.08 Å². The van der Waals surface area contributed by atoms with Crippen molar-refractivity contribution in [3.05, 3.63) is 35.9 Å². The molecule has 0 saturated heterocycles. The Balaban J connectivity index is 3.04. The molecule has 11 heavy (non-hydrogen) atoms. The minimum atomic E-state index is -1.81. The molecule has 1 rings (SSSR count). The van der Waals surface area contributed by atoms with Crippen LogP contribution in [0.3, 0.4) is 0 Å². The van der Waals surface area contributed by atoms with Gasteiger partial charge in [-0.3, -0.25) is 0 Å². The SMILES string of the molecule is Oc1ccccc1C=C(F)F. The molecule has 0 atom stereocenters. The lowest BCUT2D eigenvalue weighted by atomic mass is 10.2. The maximum atomic E-state index is 11.7. The summed E-state index contributed by atoms with van der Waals surface area (Å²) in [6.07, 6.45) is -1.19. The van der Waals surface area contributed by atoms with Crippen molar-refractivity contribution < 1.29 is 13.9 Å². The van der Waals surface area contributed by atoms with E-state index in [4.69, 9.17) is 5.11 Å². The van der Waals surface area contributed by atoms with Gasteiger partial charge in [0.25, 0.3) is 6.08 Å². The molecule has 1 nitrogen and oxygen atoms in total. The van der Waals surface area contributed by atoms with Gasteiger partial charge in [-0.25, -0.2) is 0 Å². The zero-order chi connectivity index (χ0) is 8.27. The standard InChI is InChI=1S/C8H6F2O/c9-8(10)5-6-3-1-2-4-7(6)11/h1-5,11H. The third kappa shape index (κ3) is 2.04. The predicted molar refractivity (Wildman–Crippen MR) is 38.3 cm³/mol. The number of phenolic OH excluding ortho intramolecular Hbond substituents is 1. The molecule has 1 aromatic rings. The minimum Gasteiger partial charge on any atom is -0.507 e. The van der Waals surface area contributed by atoms with Crippen LogP contribution in [0.15, 0.2) is 30.3 Å². The monoisotopic (exact) mass is 156 g/mol. The maximum absolute atomic E-state index is 11.7. The van der Waals surface area contributed by atoms with Gasteiger partial charge < -0.3 is 5.11 Å². The first-order valence-corrected chi connectivity index (χ1v) is 3.01. The van der Waals surface area contributed by atoms with Crippen molar-refractivity contribution in [2.45, 2.75) is 0 Å². The molecule has 0 aliphatic rings. The van der Waals surface area contributed by atoms with Gasteiger partial charge >= 0.3 is 0 Å².